The van der Waals surface area contributed by atoms with E-state index in [9.17, 15) is 9.59 Å². The summed E-state index contributed by atoms with van der Waals surface area (Å²) in [5.74, 6) is 0.0937. The molecule has 1 N–H and O–H groups in total. The first-order chi connectivity index (χ1) is 17.9. The zero-order valence-corrected chi connectivity index (χ0v) is 23.3. The highest BCUT2D eigenvalue weighted by atomic mass is 16.2. The van der Waals surface area contributed by atoms with Crippen LogP contribution in [0.3, 0.4) is 0 Å². The Bertz CT molecular complexity index is 1120. The summed E-state index contributed by atoms with van der Waals surface area (Å²) in [7, 11) is 0. The van der Waals surface area contributed by atoms with E-state index in [1.54, 1.807) is 4.90 Å². The van der Waals surface area contributed by atoms with Gasteiger partial charge in [-0.15, -0.1) is 0 Å². The van der Waals surface area contributed by atoms with Gasteiger partial charge in [0.1, 0.15) is 0 Å². The third-order valence-corrected chi connectivity index (χ3v) is 7.17. The Balaban J connectivity index is 1.66. The summed E-state index contributed by atoms with van der Waals surface area (Å²) in [4.78, 5) is 33.7. The summed E-state index contributed by atoms with van der Waals surface area (Å²) >= 11 is 0. The normalized spacial score (nSPS) is 11.3. The lowest BCUT2D eigenvalue weighted by Gasteiger charge is -2.30. The Kier molecular flexibility index (Phi) is 11.2. The first-order valence-corrected chi connectivity index (χ1v) is 14.1. The van der Waals surface area contributed by atoms with Crippen molar-refractivity contribution in [2.24, 2.45) is 0 Å². The molecule has 37 heavy (non-hydrogen) atoms. The third kappa shape index (κ3) is 8.77. The van der Waals surface area contributed by atoms with Crippen LogP contribution in [0.25, 0.3) is 10.9 Å². The van der Waals surface area contributed by atoms with Gasteiger partial charge in [0.25, 0.3) is 0 Å². The van der Waals surface area contributed by atoms with Crippen LogP contribution >= 0.6 is 0 Å². The molecule has 0 aliphatic heterocycles. The second-order valence-electron chi connectivity index (χ2n) is 10.5. The molecule has 0 radical (unpaired) electrons. The number of unbranched alkanes of at least 4 members (excludes halogenated alkanes) is 5. The molecule has 3 aromatic rings. The fraction of sp³-hybridized carbons (Fsp3) is 0.500. The molecule has 0 aliphatic carbocycles. The van der Waals surface area contributed by atoms with E-state index in [1.807, 2.05) is 37.1 Å². The molecular formula is C32H45N3O2. The van der Waals surface area contributed by atoms with Crippen molar-refractivity contribution in [1.82, 2.24) is 14.8 Å². The standard InChI is InChI=1S/C32H45N3O2/c1-5-6-7-8-9-10-15-31(36)35(25(2)3)24-32(37)34(23-27-18-16-26(4)17-19-27)21-20-28-22-33-30-14-12-11-13-29(28)30/h11-14,16-19,22,25,33H,5-10,15,20-21,23-24H2,1-4H3. The van der Waals surface area contributed by atoms with Gasteiger partial charge >= 0.3 is 0 Å². The molecule has 0 saturated carbocycles. The molecule has 5 heteroatoms. The van der Waals surface area contributed by atoms with Gasteiger partial charge in [-0.1, -0.05) is 87.1 Å². The number of para-hydroxylation sites is 1. The molecule has 2 amide bonds. The van der Waals surface area contributed by atoms with Gasteiger partial charge in [0, 0.05) is 42.7 Å². The fourth-order valence-electron chi connectivity index (χ4n) is 4.80. The summed E-state index contributed by atoms with van der Waals surface area (Å²) < 4.78 is 0. The lowest BCUT2D eigenvalue weighted by Crippen LogP contribution is -2.46. The third-order valence-electron chi connectivity index (χ3n) is 7.17. The molecule has 0 unspecified atom stereocenters. The summed E-state index contributed by atoms with van der Waals surface area (Å²) in [5.41, 5.74) is 4.62. The molecule has 0 fully saturated rings. The molecule has 5 nitrogen and oxygen atoms in total. The molecule has 2 aromatic carbocycles. The Morgan fingerprint density at radius 3 is 2.32 bits per heavy atom. The Morgan fingerprint density at radius 1 is 0.892 bits per heavy atom. The average Bonchev–Trinajstić information content (AvgIpc) is 3.31. The van der Waals surface area contributed by atoms with Crippen molar-refractivity contribution in [2.45, 2.75) is 91.6 Å². The lowest BCUT2D eigenvalue weighted by molar-refractivity contribution is -0.142. The molecule has 0 saturated heterocycles. The van der Waals surface area contributed by atoms with E-state index < -0.39 is 0 Å². The Labute approximate surface area is 223 Å². The molecular weight excluding hydrogens is 458 g/mol. The second kappa shape index (κ2) is 14.6. The highest BCUT2D eigenvalue weighted by Crippen LogP contribution is 2.19. The van der Waals surface area contributed by atoms with E-state index >= 15 is 0 Å². The Hall–Kier alpha value is -3.08. The minimum absolute atomic E-state index is 0.00501. The molecule has 0 bridgehead atoms. The maximum absolute atomic E-state index is 13.6. The summed E-state index contributed by atoms with van der Waals surface area (Å²) in [6.07, 6.45) is 10.2. The largest absolute Gasteiger partial charge is 0.361 e. The fourth-order valence-corrected chi connectivity index (χ4v) is 4.80. The number of H-pyrrole nitrogens is 1. The molecule has 0 spiro atoms. The van der Waals surface area contributed by atoms with Crippen LogP contribution < -0.4 is 0 Å². The number of fused-ring (bicyclic) bond motifs is 1. The molecule has 0 aliphatic rings. The van der Waals surface area contributed by atoms with Crippen LogP contribution in [0.2, 0.25) is 0 Å². The number of nitrogens with zero attached hydrogens (tertiary/aromatic N) is 2. The first-order valence-electron chi connectivity index (χ1n) is 14.1. The van der Waals surface area contributed by atoms with Gasteiger partial charge in [0.2, 0.25) is 11.8 Å². The lowest BCUT2D eigenvalue weighted by atomic mass is 10.1. The monoisotopic (exact) mass is 503 g/mol. The van der Waals surface area contributed by atoms with E-state index in [1.165, 1.54) is 42.2 Å². The van der Waals surface area contributed by atoms with Crippen LogP contribution in [0, 0.1) is 6.92 Å². The summed E-state index contributed by atoms with van der Waals surface area (Å²) in [6, 6.07) is 16.6. The zero-order chi connectivity index (χ0) is 26.6. The number of rotatable bonds is 15. The van der Waals surface area contributed by atoms with E-state index in [-0.39, 0.29) is 24.4 Å². The van der Waals surface area contributed by atoms with Gasteiger partial charge in [-0.2, -0.15) is 0 Å². The van der Waals surface area contributed by atoms with E-state index in [0.717, 1.165) is 30.3 Å². The number of amides is 2. The van der Waals surface area contributed by atoms with Gasteiger partial charge in [0.05, 0.1) is 6.54 Å². The van der Waals surface area contributed by atoms with Crippen molar-refractivity contribution < 1.29 is 9.59 Å². The number of hydrogen-bond acceptors (Lipinski definition) is 2. The molecule has 0 atom stereocenters. The number of carbonyl (C=O) groups excluding carboxylic acids is 2. The number of nitrogens with one attached hydrogen (secondary N) is 1. The molecule has 200 valence electrons. The van der Waals surface area contributed by atoms with Crippen LogP contribution in [0.4, 0.5) is 0 Å². The SMILES string of the molecule is CCCCCCCCC(=O)N(CC(=O)N(CCc1c[nH]c2ccccc12)Cc1ccc(C)cc1)C(C)C. The predicted molar refractivity (Wildman–Crippen MR) is 153 cm³/mol. The van der Waals surface area contributed by atoms with Crippen LogP contribution in [-0.4, -0.2) is 45.7 Å². The van der Waals surface area contributed by atoms with Gasteiger partial charge in [-0.25, -0.2) is 0 Å². The molecule has 1 aromatic heterocycles. The number of aromatic amines is 1. The minimum Gasteiger partial charge on any atom is -0.361 e. The topological polar surface area (TPSA) is 56.4 Å². The highest BCUT2D eigenvalue weighted by molar-refractivity contribution is 5.85. The number of carbonyl (C=O) groups is 2. The van der Waals surface area contributed by atoms with E-state index in [0.29, 0.717) is 19.5 Å². The van der Waals surface area contributed by atoms with Crippen LogP contribution in [0.1, 0.15) is 82.4 Å². The maximum atomic E-state index is 13.6. The van der Waals surface area contributed by atoms with Crippen LogP contribution in [0.15, 0.2) is 54.7 Å². The first kappa shape index (κ1) is 28.5. The highest BCUT2D eigenvalue weighted by Gasteiger charge is 2.23. The van der Waals surface area contributed by atoms with Crippen molar-refractivity contribution in [2.75, 3.05) is 13.1 Å². The van der Waals surface area contributed by atoms with Gasteiger partial charge in [-0.05, 0) is 50.8 Å². The predicted octanol–water partition coefficient (Wildman–Crippen LogP) is 7.04. The van der Waals surface area contributed by atoms with Crippen molar-refractivity contribution >= 4 is 22.7 Å². The summed E-state index contributed by atoms with van der Waals surface area (Å²) in [5, 5.41) is 1.20. The van der Waals surface area contributed by atoms with E-state index in [2.05, 4.69) is 55.2 Å². The van der Waals surface area contributed by atoms with Gasteiger partial charge in [0.15, 0.2) is 0 Å². The average molecular weight is 504 g/mol. The van der Waals surface area contributed by atoms with Crippen LogP contribution in [-0.2, 0) is 22.6 Å². The van der Waals surface area contributed by atoms with Gasteiger partial charge in [-0.3, -0.25) is 9.59 Å². The maximum Gasteiger partial charge on any atom is 0.242 e. The molecule has 3 rings (SSSR count). The second-order valence-corrected chi connectivity index (χ2v) is 10.5. The van der Waals surface area contributed by atoms with Crippen molar-refractivity contribution in [3.63, 3.8) is 0 Å². The smallest absolute Gasteiger partial charge is 0.242 e. The van der Waals surface area contributed by atoms with Crippen LogP contribution in [0.5, 0.6) is 0 Å². The summed E-state index contributed by atoms with van der Waals surface area (Å²) in [6.45, 7) is 9.56. The Morgan fingerprint density at radius 2 is 1.59 bits per heavy atom. The quantitative estimate of drug-likeness (QED) is 0.226. The number of benzene rings is 2. The van der Waals surface area contributed by atoms with Gasteiger partial charge < -0.3 is 14.8 Å². The number of aryl methyl sites for hydroxylation is 1. The van der Waals surface area contributed by atoms with Crippen molar-refractivity contribution in [3.05, 3.63) is 71.4 Å². The van der Waals surface area contributed by atoms with Crippen molar-refractivity contribution in [3.8, 4) is 0 Å². The number of hydrogen-bond donors (Lipinski definition) is 1. The molecule has 1 heterocycles. The zero-order valence-electron chi connectivity index (χ0n) is 23.3. The minimum atomic E-state index is -0.00798. The number of aromatic nitrogens is 1. The van der Waals surface area contributed by atoms with E-state index in [4.69, 9.17) is 0 Å². The van der Waals surface area contributed by atoms with Crippen molar-refractivity contribution in [1.29, 1.82) is 0 Å².